The van der Waals surface area contributed by atoms with Crippen LogP contribution in [-0.4, -0.2) is 53.8 Å². The summed E-state index contributed by atoms with van der Waals surface area (Å²) in [5, 5.41) is 3.56. The van der Waals surface area contributed by atoms with Crippen LogP contribution in [0.3, 0.4) is 0 Å². The Bertz CT molecular complexity index is 647. The Kier molecular flexibility index (Phi) is 6.12. The van der Waals surface area contributed by atoms with E-state index in [4.69, 9.17) is 11.6 Å². The largest absolute Gasteiger partial charge is 0.340 e. The minimum atomic E-state index is -0.366. The first kappa shape index (κ1) is 19.7. The molecule has 1 unspecified atom stereocenters. The molecule has 1 aliphatic rings. The molecule has 2 amide bonds. The van der Waals surface area contributed by atoms with Gasteiger partial charge < -0.3 is 10.2 Å². The standard InChI is InChI=1S/C19H28ClN3O2/c1-13-6-7-15(20)12-16(13)21-17(24)14(2)22-8-10-23(11-9-22)18(25)19(3,4)5/h6-7,12,14H,8-11H2,1-5H3,(H,21,24). The quantitative estimate of drug-likeness (QED) is 0.895. The summed E-state index contributed by atoms with van der Waals surface area (Å²) < 4.78 is 0. The minimum Gasteiger partial charge on any atom is -0.340 e. The molecule has 0 aromatic heterocycles. The minimum absolute atomic E-state index is 0.0547. The number of amides is 2. The molecule has 0 aliphatic carbocycles. The molecule has 0 spiro atoms. The first-order valence-corrected chi connectivity index (χ1v) is 9.08. The number of hydrogen-bond acceptors (Lipinski definition) is 3. The van der Waals surface area contributed by atoms with Crippen molar-refractivity contribution < 1.29 is 9.59 Å². The number of piperazine rings is 1. The molecule has 1 heterocycles. The fraction of sp³-hybridized carbons (Fsp3) is 0.579. The molecular formula is C19H28ClN3O2. The molecule has 0 saturated carbocycles. The number of aryl methyl sites for hydroxylation is 1. The van der Waals surface area contributed by atoms with Gasteiger partial charge in [0.05, 0.1) is 6.04 Å². The predicted octanol–water partition coefficient (Wildman–Crippen LogP) is 3.17. The maximum Gasteiger partial charge on any atom is 0.241 e. The van der Waals surface area contributed by atoms with Crippen molar-refractivity contribution in [2.45, 2.75) is 40.7 Å². The highest BCUT2D eigenvalue weighted by Gasteiger charge is 2.32. The van der Waals surface area contributed by atoms with Crippen LogP contribution in [0.25, 0.3) is 0 Å². The van der Waals surface area contributed by atoms with Gasteiger partial charge in [-0.15, -0.1) is 0 Å². The second-order valence-electron chi connectivity index (χ2n) is 7.70. The van der Waals surface area contributed by atoms with E-state index in [0.717, 1.165) is 11.3 Å². The molecule has 1 atom stereocenters. The van der Waals surface area contributed by atoms with E-state index in [1.807, 2.05) is 45.6 Å². The molecule has 138 valence electrons. The van der Waals surface area contributed by atoms with Gasteiger partial charge in [-0.2, -0.15) is 0 Å². The van der Waals surface area contributed by atoms with Crippen LogP contribution in [0.2, 0.25) is 5.02 Å². The van der Waals surface area contributed by atoms with Gasteiger partial charge in [0, 0.05) is 42.3 Å². The molecular weight excluding hydrogens is 338 g/mol. The van der Waals surface area contributed by atoms with Crippen LogP contribution in [-0.2, 0) is 9.59 Å². The van der Waals surface area contributed by atoms with Crippen molar-refractivity contribution in [3.63, 3.8) is 0 Å². The lowest BCUT2D eigenvalue weighted by Gasteiger charge is -2.39. The Labute approximate surface area is 155 Å². The maximum absolute atomic E-state index is 12.6. The molecule has 5 nitrogen and oxygen atoms in total. The summed E-state index contributed by atoms with van der Waals surface area (Å²) in [6, 6.07) is 5.20. The van der Waals surface area contributed by atoms with Crippen molar-refractivity contribution in [2.75, 3.05) is 31.5 Å². The first-order valence-electron chi connectivity index (χ1n) is 8.70. The Morgan fingerprint density at radius 1 is 1.16 bits per heavy atom. The van der Waals surface area contributed by atoms with Crippen molar-refractivity contribution in [3.8, 4) is 0 Å². The van der Waals surface area contributed by atoms with Crippen molar-refractivity contribution >= 4 is 29.1 Å². The lowest BCUT2D eigenvalue weighted by Crippen LogP contribution is -2.55. The molecule has 1 fully saturated rings. The number of benzene rings is 1. The molecule has 1 saturated heterocycles. The molecule has 0 bridgehead atoms. The maximum atomic E-state index is 12.6. The van der Waals surface area contributed by atoms with Gasteiger partial charge in [0.2, 0.25) is 11.8 Å². The number of carbonyl (C=O) groups excluding carboxylic acids is 2. The van der Waals surface area contributed by atoms with E-state index in [9.17, 15) is 9.59 Å². The number of hydrogen-bond donors (Lipinski definition) is 1. The summed E-state index contributed by atoms with van der Waals surface area (Å²) >= 11 is 6.01. The fourth-order valence-corrected chi connectivity index (χ4v) is 3.09. The first-order chi connectivity index (χ1) is 11.6. The summed E-state index contributed by atoms with van der Waals surface area (Å²) in [5.74, 6) is 0.111. The second kappa shape index (κ2) is 7.75. The number of anilines is 1. The van der Waals surface area contributed by atoms with Gasteiger partial charge in [-0.05, 0) is 31.5 Å². The molecule has 1 aromatic rings. The molecule has 1 aliphatic heterocycles. The number of nitrogens with zero attached hydrogens (tertiary/aromatic N) is 2. The van der Waals surface area contributed by atoms with Gasteiger partial charge >= 0.3 is 0 Å². The van der Waals surface area contributed by atoms with E-state index in [2.05, 4.69) is 10.2 Å². The number of carbonyl (C=O) groups is 2. The van der Waals surface area contributed by atoms with E-state index in [0.29, 0.717) is 31.2 Å². The summed E-state index contributed by atoms with van der Waals surface area (Å²) in [4.78, 5) is 28.9. The topological polar surface area (TPSA) is 52.7 Å². The van der Waals surface area contributed by atoms with Gasteiger partial charge in [0.1, 0.15) is 0 Å². The molecule has 6 heteroatoms. The third kappa shape index (κ3) is 4.95. The highest BCUT2D eigenvalue weighted by Crippen LogP contribution is 2.22. The lowest BCUT2D eigenvalue weighted by atomic mass is 9.94. The fourth-order valence-electron chi connectivity index (χ4n) is 2.92. The van der Waals surface area contributed by atoms with Gasteiger partial charge in [0.15, 0.2) is 0 Å². The zero-order valence-electron chi connectivity index (χ0n) is 15.7. The normalized spacial score (nSPS) is 17.3. The highest BCUT2D eigenvalue weighted by molar-refractivity contribution is 6.31. The Balaban J connectivity index is 1.93. The van der Waals surface area contributed by atoms with Crippen LogP contribution in [0.4, 0.5) is 5.69 Å². The Hall–Kier alpha value is -1.59. The third-order valence-electron chi connectivity index (χ3n) is 4.63. The smallest absolute Gasteiger partial charge is 0.241 e. The van der Waals surface area contributed by atoms with Crippen molar-refractivity contribution in [2.24, 2.45) is 5.41 Å². The van der Waals surface area contributed by atoms with Crippen LogP contribution in [0, 0.1) is 12.3 Å². The van der Waals surface area contributed by atoms with Crippen molar-refractivity contribution in [1.82, 2.24) is 9.80 Å². The molecule has 1 aromatic carbocycles. The predicted molar refractivity (Wildman–Crippen MR) is 102 cm³/mol. The highest BCUT2D eigenvalue weighted by atomic mass is 35.5. The Morgan fingerprint density at radius 2 is 1.76 bits per heavy atom. The number of rotatable bonds is 3. The van der Waals surface area contributed by atoms with Crippen LogP contribution < -0.4 is 5.32 Å². The van der Waals surface area contributed by atoms with E-state index in [1.54, 1.807) is 12.1 Å². The average Bonchev–Trinajstić information content (AvgIpc) is 2.56. The van der Waals surface area contributed by atoms with Crippen LogP contribution in [0.1, 0.15) is 33.3 Å². The van der Waals surface area contributed by atoms with E-state index < -0.39 is 0 Å². The monoisotopic (exact) mass is 365 g/mol. The second-order valence-corrected chi connectivity index (χ2v) is 8.14. The van der Waals surface area contributed by atoms with Gasteiger partial charge in [-0.25, -0.2) is 0 Å². The Morgan fingerprint density at radius 3 is 2.32 bits per heavy atom. The SMILES string of the molecule is Cc1ccc(Cl)cc1NC(=O)C(C)N1CCN(C(=O)C(C)(C)C)CC1. The van der Waals surface area contributed by atoms with E-state index in [1.165, 1.54) is 0 Å². The van der Waals surface area contributed by atoms with Crippen LogP contribution in [0.15, 0.2) is 18.2 Å². The molecule has 25 heavy (non-hydrogen) atoms. The number of halogens is 1. The van der Waals surface area contributed by atoms with Gasteiger partial charge in [0.25, 0.3) is 0 Å². The van der Waals surface area contributed by atoms with Crippen LogP contribution in [0.5, 0.6) is 0 Å². The number of nitrogens with one attached hydrogen (secondary N) is 1. The molecule has 0 radical (unpaired) electrons. The van der Waals surface area contributed by atoms with Gasteiger partial charge in [-0.1, -0.05) is 38.4 Å². The van der Waals surface area contributed by atoms with E-state index in [-0.39, 0.29) is 23.3 Å². The summed E-state index contributed by atoms with van der Waals surface area (Å²) in [6.07, 6.45) is 0. The van der Waals surface area contributed by atoms with Crippen LogP contribution >= 0.6 is 11.6 Å². The zero-order chi connectivity index (χ0) is 18.8. The molecule has 2 rings (SSSR count). The summed E-state index contributed by atoms with van der Waals surface area (Å²) in [5.41, 5.74) is 1.35. The van der Waals surface area contributed by atoms with Gasteiger partial charge in [-0.3, -0.25) is 14.5 Å². The zero-order valence-corrected chi connectivity index (χ0v) is 16.5. The molecule has 1 N–H and O–H groups in total. The lowest BCUT2D eigenvalue weighted by molar-refractivity contribution is -0.141. The summed E-state index contributed by atoms with van der Waals surface area (Å²) in [7, 11) is 0. The summed E-state index contributed by atoms with van der Waals surface area (Å²) in [6.45, 7) is 12.4. The van der Waals surface area contributed by atoms with Crippen molar-refractivity contribution in [3.05, 3.63) is 28.8 Å². The van der Waals surface area contributed by atoms with E-state index >= 15 is 0 Å². The average molecular weight is 366 g/mol. The van der Waals surface area contributed by atoms with Crippen molar-refractivity contribution in [1.29, 1.82) is 0 Å². The third-order valence-corrected chi connectivity index (χ3v) is 4.86.